The van der Waals surface area contributed by atoms with Gasteiger partial charge in [-0.25, -0.2) is 4.79 Å². The van der Waals surface area contributed by atoms with Crippen molar-refractivity contribution in [1.82, 2.24) is 4.98 Å². The molecule has 0 atom stereocenters. The molecule has 0 fully saturated rings. The number of halogens is 3. The van der Waals surface area contributed by atoms with Gasteiger partial charge in [-0.15, -0.1) is 11.8 Å². The number of thioether (sulfide) groups is 1. The van der Waals surface area contributed by atoms with Crippen molar-refractivity contribution in [1.29, 1.82) is 0 Å². The van der Waals surface area contributed by atoms with Crippen molar-refractivity contribution in [2.75, 3.05) is 6.26 Å². The lowest BCUT2D eigenvalue weighted by molar-refractivity contribution is -0.136. The minimum atomic E-state index is -4.74. The summed E-state index contributed by atoms with van der Waals surface area (Å²) in [7, 11) is 0. The average molecular weight is 287 g/mol. The lowest BCUT2D eigenvalue weighted by atomic mass is 10.0. The third-order valence-electron chi connectivity index (χ3n) is 2.59. The molecule has 2 aromatic rings. The molecular weight excluding hydrogens is 279 g/mol. The van der Waals surface area contributed by atoms with E-state index in [0.717, 1.165) is 6.20 Å². The molecular formula is C12H8F3NO2S. The van der Waals surface area contributed by atoms with Gasteiger partial charge in [-0.2, -0.15) is 13.2 Å². The number of carboxylic acids is 1. The number of pyridine rings is 1. The van der Waals surface area contributed by atoms with Crippen molar-refractivity contribution in [2.45, 2.75) is 11.1 Å². The van der Waals surface area contributed by atoms with Gasteiger partial charge in [-0.1, -0.05) is 0 Å². The van der Waals surface area contributed by atoms with E-state index in [4.69, 9.17) is 5.11 Å². The quantitative estimate of drug-likeness (QED) is 0.856. The predicted molar refractivity (Wildman–Crippen MR) is 65.5 cm³/mol. The number of rotatable bonds is 2. The van der Waals surface area contributed by atoms with Gasteiger partial charge in [0.1, 0.15) is 0 Å². The van der Waals surface area contributed by atoms with Crippen LogP contribution < -0.4 is 0 Å². The number of benzene rings is 1. The van der Waals surface area contributed by atoms with Gasteiger partial charge in [0.05, 0.1) is 16.6 Å². The van der Waals surface area contributed by atoms with E-state index in [0.29, 0.717) is 4.90 Å². The van der Waals surface area contributed by atoms with Crippen molar-refractivity contribution >= 4 is 28.6 Å². The Labute approximate surface area is 110 Å². The van der Waals surface area contributed by atoms with E-state index in [1.807, 2.05) is 0 Å². The first-order chi connectivity index (χ1) is 8.84. The molecule has 0 aliphatic rings. The molecule has 3 nitrogen and oxygen atoms in total. The Bertz CT molecular complexity index is 655. The van der Waals surface area contributed by atoms with Gasteiger partial charge in [0.25, 0.3) is 0 Å². The Kier molecular flexibility index (Phi) is 3.40. The van der Waals surface area contributed by atoms with Crippen LogP contribution in [0.1, 0.15) is 15.9 Å². The van der Waals surface area contributed by atoms with Gasteiger partial charge < -0.3 is 5.11 Å². The summed E-state index contributed by atoms with van der Waals surface area (Å²) in [5.74, 6) is -1.64. The Balaban J connectivity index is 2.89. The molecule has 0 aliphatic carbocycles. The molecule has 1 heterocycles. The lowest BCUT2D eigenvalue weighted by Gasteiger charge is -2.13. The third kappa shape index (κ3) is 2.51. The van der Waals surface area contributed by atoms with Crippen LogP contribution in [0.15, 0.2) is 29.3 Å². The molecule has 0 saturated carbocycles. The fraction of sp³-hybridized carbons (Fsp3) is 0.167. The fourth-order valence-corrected chi connectivity index (χ4v) is 2.21. The molecule has 2 rings (SSSR count). The van der Waals surface area contributed by atoms with Gasteiger partial charge in [-0.05, 0) is 24.5 Å². The smallest absolute Gasteiger partial charge is 0.417 e. The molecule has 7 heteroatoms. The van der Waals surface area contributed by atoms with E-state index in [2.05, 4.69) is 4.98 Å². The van der Waals surface area contributed by atoms with Crippen LogP contribution in [0.2, 0.25) is 0 Å². The summed E-state index contributed by atoms with van der Waals surface area (Å²) in [5.41, 5.74) is -1.87. The highest BCUT2D eigenvalue weighted by molar-refractivity contribution is 7.98. The summed E-state index contributed by atoms with van der Waals surface area (Å²) in [6.45, 7) is 0. The summed E-state index contributed by atoms with van der Waals surface area (Å²) < 4.78 is 39.2. The van der Waals surface area contributed by atoms with Crippen LogP contribution in [0.4, 0.5) is 13.2 Å². The van der Waals surface area contributed by atoms with Gasteiger partial charge in [-0.3, -0.25) is 4.98 Å². The second kappa shape index (κ2) is 4.73. The van der Waals surface area contributed by atoms with E-state index in [-0.39, 0.29) is 10.9 Å². The molecule has 0 bridgehead atoms. The Morgan fingerprint density at radius 3 is 2.58 bits per heavy atom. The van der Waals surface area contributed by atoms with Crippen LogP contribution in [0.3, 0.4) is 0 Å². The molecule has 0 unspecified atom stereocenters. The predicted octanol–water partition coefficient (Wildman–Crippen LogP) is 3.67. The number of aromatic nitrogens is 1. The van der Waals surface area contributed by atoms with Gasteiger partial charge in [0, 0.05) is 16.5 Å². The van der Waals surface area contributed by atoms with E-state index >= 15 is 0 Å². The highest BCUT2D eigenvalue weighted by Gasteiger charge is 2.37. The van der Waals surface area contributed by atoms with Crippen LogP contribution >= 0.6 is 11.8 Å². The minimum absolute atomic E-state index is 0.120. The summed E-state index contributed by atoms with van der Waals surface area (Å²) >= 11 is 1.27. The topological polar surface area (TPSA) is 50.2 Å². The minimum Gasteiger partial charge on any atom is -0.478 e. The first-order valence-corrected chi connectivity index (χ1v) is 6.34. The van der Waals surface area contributed by atoms with E-state index in [1.165, 1.54) is 23.9 Å². The Morgan fingerprint density at radius 1 is 1.37 bits per heavy atom. The van der Waals surface area contributed by atoms with Crippen LogP contribution in [-0.2, 0) is 6.18 Å². The van der Waals surface area contributed by atoms with Crippen LogP contribution in [0.5, 0.6) is 0 Å². The number of nitrogens with zero attached hydrogens (tertiary/aromatic N) is 1. The van der Waals surface area contributed by atoms with Crippen LogP contribution in [0.25, 0.3) is 10.9 Å². The second-order valence-electron chi connectivity index (χ2n) is 3.73. The monoisotopic (exact) mass is 287 g/mol. The molecule has 0 radical (unpaired) electrons. The average Bonchev–Trinajstić information content (AvgIpc) is 2.35. The molecule has 19 heavy (non-hydrogen) atoms. The van der Waals surface area contributed by atoms with Crippen molar-refractivity contribution in [3.63, 3.8) is 0 Å². The number of carbonyl (C=O) groups is 1. The summed E-state index contributed by atoms with van der Waals surface area (Å²) in [4.78, 5) is 15.3. The van der Waals surface area contributed by atoms with Crippen molar-refractivity contribution in [3.05, 3.63) is 35.5 Å². The molecule has 1 aromatic heterocycles. The first kappa shape index (κ1) is 13.7. The number of alkyl halides is 3. The maximum absolute atomic E-state index is 13.1. The van der Waals surface area contributed by atoms with Crippen molar-refractivity contribution < 1.29 is 23.1 Å². The lowest BCUT2D eigenvalue weighted by Crippen LogP contribution is -2.14. The standard InChI is InChI=1S/C12H8F3NO2S/c1-19-6-2-3-9-7(4-6)10(12(13,14)15)8(5-16-9)11(17)18/h2-5H,1H3,(H,17,18). The number of hydrogen-bond donors (Lipinski definition) is 1. The van der Waals surface area contributed by atoms with E-state index in [1.54, 1.807) is 12.3 Å². The summed E-state index contributed by atoms with van der Waals surface area (Å²) in [6, 6.07) is 4.39. The van der Waals surface area contributed by atoms with E-state index in [9.17, 15) is 18.0 Å². The van der Waals surface area contributed by atoms with Gasteiger partial charge in [0.2, 0.25) is 0 Å². The maximum atomic E-state index is 13.1. The number of fused-ring (bicyclic) bond motifs is 1. The molecule has 0 aliphatic heterocycles. The first-order valence-electron chi connectivity index (χ1n) is 5.12. The third-order valence-corrected chi connectivity index (χ3v) is 3.31. The van der Waals surface area contributed by atoms with Crippen LogP contribution in [-0.4, -0.2) is 22.3 Å². The normalized spacial score (nSPS) is 11.8. The van der Waals surface area contributed by atoms with Crippen molar-refractivity contribution in [3.8, 4) is 0 Å². The molecule has 0 amide bonds. The maximum Gasteiger partial charge on any atom is 0.417 e. The molecule has 0 saturated heterocycles. The summed E-state index contributed by atoms with van der Waals surface area (Å²) in [5, 5.41) is 8.67. The second-order valence-corrected chi connectivity index (χ2v) is 4.61. The zero-order valence-electron chi connectivity index (χ0n) is 9.65. The molecule has 1 N–H and O–H groups in total. The fourth-order valence-electron chi connectivity index (χ4n) is 1.77. The zero-order chi connectivity index (χ0) is 14.2. The Morgan fingerprint density at radius 2 is 2.05 bits per heavy atom. The highest BCUT2D eigenvalue weighted by atomic mass is 32.2. The van der Waals surface area contributed by atoms with E-state index < -0.39 is 23.3 Å². The number of hydrogen-bond acceptors (Lipinski definition) is 3. The number of carboxylic acid groups (broad SMARTS) is 1. The number of aromatic carboxylic acids is 1. The van der Waals surface area contributed by atoms with Crippen LogP contribution in [0, 0.1) is 0 Å². The molecule has 100 valence electrons. The zero-order valence-corrected chi connectivity index (χ0v) is 10.5. The largest absolute Gasteiger partial charge is 0.478 e. The van der Waals surface area contributed by atoms with Gasteiger partial charge in [0.15, 0.2) is 0 Å². The SMILES string of the molecule is CSc1ccc2ncc(C(=O)O)c(C(F)(F)F)c2c1. The molecule has 1 aromatic carbocycles. The van der Waals surface area contributed by atoms with Gasteiger partial charge >= 0.3 is 12.1 Å². The molecule has 0 spiro atoms. The Hall–Kier alpha value is -1.76. The summed E-state index contributed by atoms with van der Waals surface area (Å²) in [6.07, 6.45) is -2.28. The van der Waals surface area contributed by atoms with Crippen molar-refractivity contribution in [2.24, 2.45) is 0 Å². The highest BCUT2D eigenvalue weighted by Crippen LogP contribution is 2.37.